The second-order valence-electron chi connectivity index (χ2n) is 7.72. The highest BCUT2D eigenvalue weighted by Gasteiger charge is 2.32. The summed E-state index contributed by atoms with van der Waals surface area (Å²) < 4.78 is 6.36. The number of amides is 1. The van der Waals surface area contributed by atoms with Crippen LogP contribution in [0.25, 0.3) is 0 Å². The van der Waals surface area contributed by atoms with Crippen molar-refractivity contribution in [1.29, 1.82) is 0 Å². The largest absolute Gasteiger partial charge is 0.453 e. The minimum absolute atomic E-state index is 0.0384. The molecule has 0 radical (unpaired) electrons. The van der Waals surface area contributed by atoms with Crippen LogP contribution in [0.15, 0.2) is 4.99 Å². The highest BCUT2D eigenvalue weighted by Crippen LogP contribution is 2.13. The van der Waals surface area contributed by atoms with Crippen molar-refractivity contribution in [2.24, 2.45) is 4.99 Å². The zero-order valence-corrected chi connectivity index (χ0v) is 18.6. The SMILES string of the molecule is CNC[Si](C)(C)O[Si](C)(C)CNC(=O)C/C(C)=N/C(C)CC(C)=O. The first kappa shape index (κ1) is 23.2. The molecular formula is C16H35N3O3Si2. The number of nitrogens with one attached hydrogen (secondary N) is 2. The minimum atomic E-state index is -1.94. The molecule has 0 aromatic heterocycles. The van der Waals surface area contributed by atoms with Crippen molar-refractivity contribution < 1.29 is 13.7 Å². The van der Waals surface area contributed by atoms with E-state index in [1.165, 1.54) is 0 Å². The van der Waals surface area contributed by atoms with Crippen LogP contribution in [0.5, 0.6) is 0 Å². The van der Waals surface area contributed by atoms with Gasteiger partial charge in [0, 0.05) is 24.5 Å². The smallest absolute Gasteiger partial charge is 0.225 e. The van der Waals surface area contributed by atoms with Crippen LogP contribution in [0, 0.1) is 0 Å². The molecule has 0 spiro atoms. The predicted octanol–water partition coefficient (Wildman–Crippen LogP) is 2.05. The van der Waals surface area contributed by atoms with E-state index in [0.717, 1.165) is 11.9 Å². The molecule has 1 amide bonds. The lowest BCUT2D eigenvalue weighted by atomic mass is 10.2. The maximum absolute atomic E-state index is 12.1. The third-order valence-corrected chi connectivity index (χ3v) is 9.96. The molecular weight excluding hydrogens is 338 g/mol. The van der Waals surface area contributed by atoms with Crippen LogP contribution in [0.1, 0.15) is 33.6 Å². The number of hydrogen-bond acceptors (Lipinski definition) is 5. The van der Waals surface area contributed by atoms with Crippen LogP contribution in [-0.2, 0) is 13.7 Å². The summed E-state index contributed by atoms with van der Waals surface area (Å²) >= 11 is 0. The Balaban J connectivity index is 4.42. The van der Waals surface area contributed by atoms with E-state index in [-0.39, 0.29) is 24.2 Å². The zero-order chi connectivity index (χ0) is 19.0. The fourth-order valence-electron chi connectivity index (χ4n) is 2.74. The number of rotatable bonds is 11. The number of ketones is 1. The second kappa shape index (κ2) is 10.2. The average molecular weight is 374 g/mol. The van der Waals surface area contributed by atoms with Gasteiger partial charge in [-0.2, -0.15) is 0 Å². The Kier molecular flexibility index (Phi) is 9.87. The first-order valence-electron chi connectivity index (χ1n) is 8.51. The Hall–Kier alpha value is -0.836. The number of Topliss-reactive ketones (excluding diaryl/α,β-unsaturated/α-hetero) is 1. The van der Waals surface area contributed by atoms with Crippen LogP contribution in [0.2, 0.25) is 26.2 Å². The highest BCUT2D eigenvalue weighted by molar-refractivity contribution is 6.85. The lowest BCUT2D eigenvalue weighted by molar-refractivity contribution is -0.119. The molecule has 0 saturated heterocycles. The van der Waals surface area contributed by atoms with Crippen molar-refractivity contribution >= 4 is 34.0 Å². The van der Waals surface area contributed by atoms with Gasteiger partial charge in [0.2, 0.25) is 5.91 Å². The van der Waals surface area contributed by atoms with Crippen molar-refractivity contribution in [2.75, 3.05) is 19.4 Å². The highest BCUT2D eigenvalue weighted by atomic mass is 28.4. The molecule has 0 aromatic carbocycles. The molecule has 0 aliphatic rings. The molecule has 0 aliphatic carbocycles. The van der Waals surface area contributed by atoms with E-state index < -0.39 is 16.6 Å². The Morgan fingerprint density at radius 3 is 2.12 bits per heavy atom. The summed E-state index contributed by atoms with van der Waals surface area (Å²) in [7, 11) is -1.74. The second-order valence-corrected chi connectivity index (χ2v) is 16.3. The molecule has 0 rings (SSSR count). The fraction of sp³-hybridized carbons (Fsp3) is 0.812. The summed E-state index contributed by atoms with van der Waals surface area (Å²) in [5.74, 6) is 0.0743. The van der Waals surface area contributed by atoms with Crippen LogP contribution in [0.4, 0.5) is 0 Å². The number of aliphatic imine (C=N–C) groups is 1. The van der Waals surface area contributed by atoms with Gasteiger partial charge in [0.25, 0.3) is 0 Å². The number of nitrogens with zero attached hydrogens (tertiary/aromatic N) is 1. The van der Waals surface area contributed by atoms with Gasteiger partial charge in [-0.25, -0.2) is 0 Å². The topological polar surface area (TPSA) is 79.8 Å². The van der Waals surface area contributed by atoms with Crippen molar-refractivity contribution in [3.63, 3.8) is 0 Å². The summed E-state index contributed by atoms with van der Waals surface area (Å²) in [6.45, 7) is 13.9. The summed E-state index contributed by atoms with van der Waals surface area (Å²) in [5.41, 5.74) is 0.756. The summed E-state index contributed by atoms with van der Waals surface area (Å²) in [4.78, 5) is 27.6. The Bertz CT molecular complexity index is 465. The van der Waals surface area contributed by atoms with Gasteiger partial charge in [-0.05, 0) is 54.0 Å². The number of carbonyl (C=O) groups excluding carboxylic acids is 2. The third-order valence-electron chi connectivity index (χ3n) is 3.31. The van der Waals surface area contributed by atoms with E-state index in [0.29, 0.717) is 12.6 Å². The maximum Gasteiger partial charge on any atom is 0.225 e. The molecule has 2 N–H and O–H groups in total. The summed E-state index contributed by atoms with van der Waals surface area (Å²) in [6.07, 6.45) is 2.18. The van der Waals surface area contributed by atoms with E-state index in [4.69, 9.17) is 4.12 Å². The molecule has 8 heteroatoms. The Morgan fingerprint density at radius 1 is 1.08 bits per heavy atom. The third kappa shape index (κ3) is 11.7. The number of hydrogen-bond donors (Lipinski definition) is 2. The van der Waals surface area contributed by atoms with Crippen LogP contribution in [-0.4, -0.2) is 59.5 Å². The lowest BCUT2D eigenvalue weighted by Gasteiger charge is -2.34. The predicted molar refractivity (Wildman–Crippen MR) is 105 cm³/mol. The summed E-state index contributed by atoms with van der Waals surface area (Å²) in [6, 6.07) is -0.0715. The molecule has 6 nitrogen and oxygen atoms in total. The van der Waals surface area contributed by atoms with Gasteiger partial charge < -0.3 is 14.7 Å². The van der Waals surface area contributed by atoms with Crippen molar-refractivity contribution in [2.45, 2.75) is 65.8 Å². The van der Waals surface area contributed by atoms with E-state index in [9.17, 15) is 9.59 Å². The van der Waals surface area contributed by atoms with E-state index in [1.54, 1.807) is 6.92 Å². The first-order valence-corrected chi connectivity index (χ1v) is 14.7. The molecule has 0 heterocycles. The van der Waals surface area contributed by atoms with Gasteiger partial charge in [-0.15, -0.1) is 0 Å². The van der Waals surface area contributed by atoms with E-state index in [2.05, 4.69) is 41.8 Å². The van der Waals surface area contributed by atoms with Crippen LogP contribution < -0.4 is 10.6 Å². The molecule has 0 aromatic rings. The van der Waals surface area contributed by atoms with Gasteiger partial charge in [0.05, 0.1) is 12.5 Å². The Morgan fingerprint density at radius 2 is 1.62 bits per heavy atom. The molecule has 140 valence electrons. The van der Waals surface area contributed by atoms with E-state index in [1.807, 2.05) is 20.9 Å². The van der Waals surface area contributed by atoms with Gasteiger partial charge in [-0.1, -0.05) is 0 Å². The fourth-order valence-corrected chi connectivity index (χ4v) is 10.8. The normalized spacial score (nSPS) is 14.4. The molecule has 0 bridgehead atoms. The van der Waals surface area contributed by atoms with Gasteiger partial charge in [0.15, 0.2) is 16.6 Å². The average Bonchev–Trinajstić information content (AvgIpc) is 2.33. The number of carbonyl (C=O) groups is 2. The first-order chi connectivity index (χ1) is 10.9. The van der Waals surface area contributed by atoms with Gasteiger partial charge in [0.1, 0.15) is 5.78 Å². The van der Waals surface area contributed by atoms with Gasteiger partial charge >= 0.3 is 0 Å². The quantitative estimate of drug-likeness (QED) is 0.429. The van der Waals surface area contributed by atoms with Crippen LogP contribution in [0.3, 0.4) is 0 Å². The monoisotopic (exact) mass is 373 g/mol. The molecule has 1 unspecified atom stereocenters. The van der Waals surface area contributed by atoms with E-state index >= 15 is 0 Å². The molecule has 0 aliphatic heterocycles. The van der Waals surface area contributed by atoms with Crippen molar-refractivity contribution in [3.05, 3.63) is 0 Å². The van der Waals surface area contributed by atoms with Crippen molar-refractivity contribution in [1.82, 2.24) is 10.6 Å². The molecule has 0 fully saturated rings. The zero-order valence-electron chi connectivity index (χ0n) is 16.6. The van der Waals surface area contributed by atoms with Crippen molar-refractivity contribution in [3.8, 4) is 0 Å². The molecule has 1 atom stereocenters. The standard InChI is InChI=1S/C16H35N3O3Si2/c1-13(9-15(3)20)19-14(2)10-16(21)18-12-24(7,8)22-23(5,6)11-17-4/h13,17H,9-12H2,1-8H3,(H,18,21)/b19-14+. The molecule has 24 heavy (non-hydrogen) atoms. The van der Waals surface area contributed by atoms with Crippen LogP contribution >= 0.6 is 0 Å². The molecule has 0 saturated carbocycles. The Labute approximate surface area is 149 Å². The minimum Gasteiger partial charge on any atom is -0.453 e. The summed E-state index contributed by atoms with van der Waals surface area (Å²) in [5, 5.41) is 6.17. The van der Waals surface area contributed by atoms with Gasteiger partial charge in [-0.3, -0.25) is 14.6 Å². The lowest BCUT2D eigenvalue weighted by Crippen LogP contribution is -2.55. The maximum atomic E-state index is 12.1.